The zero-order valence-electron chi connectivity index (χ0n) is 22.2. The Kier molecular flexibility index (Phi) is 6.45. The van der Waals surface area contributed by atoms with Crippen LogP contribution in [0.1, 0.15) is 31.4 Å². The number of anilines is 1. The summed E-state index contributed by atoms with van der Waals surface area (Å²) < 4.78 is 29.2. The number of fused-ring (bicyclic) bond motifs is 2. The SMILES string of the molecule is CC1CC(N2C(=O)C(O)(c3ccc(S(N)(=O)=O)cc3)c3ccccc32)C2C=CC(N3CCOCC3)=CC2C1C. The van der Waals surface area contributed by atoms with Crippen LogP contribution in [0.15, 0.2) is 77.4 Å². The number of sulfonamides is 1. The van der Waals surface area contributed by atoms with Crippen LogP contribution in [0.4, 0.5) is 5.69 Å². The van der Waals surface area contributed by atoms with Crippen molar-refractivity contribution in [3.05, 3.63) is 83.6 Å². The van der Waals surface area contributed by atoms with E-state index in [4.69, 9.17) is 9.88 Å². The number of primary sulfonamides is 1. The lowest BCUT2D eigenvalue weighted by molar-refractivity contribution is -0.133. The highest BCUT2D eigenvalue weighted by atomic mass is 32.2. The van der Waals surface area contributed by atoms with Crippen molar-refractivity contribution in [1.29, 1.82) is 0 Å². The van der Waals surface area contributed by atoms with Crippen LogP contribution in [0.25, 0.3) is 0 Å². The average molecular weight is 550 g/mol. The number of hydrogen-bond acceptors (Lipinski definition) is 6. The van der Waals surface area contributed by atoms with Gasteiger partial charge in [0.25, 0.3) is 5.91 Å². The van der Waals surface area contributed by atoms with Crippen LogP contribution >= 0.6 is 0 Å². The molecular formula is C30H35N3O5S. The van der Waals surface area contributed by atoms with Crippen LogP contribution in [-0.2, 0) is 25.2 Å². The van der Waals surface area contributed by atoms with E-state index in [9.17, 15) is 18.3 Å². The van der Waals surface area contributed by atoms with Crippen LogP contribution in [-0.4, -0.2) is 56.7 Å². The first kappa shape index (κ1) is 26.3. The average Bonchev–Trinajstić information content (AvgIpc) is 3.18. The molecule has 9 heteroatoms. The van der Waals surface area contributed by atoms with Gasteiger partial charge in [-0.3, -0.25) is 4.79 Å². The van der Waals surface area contributed by atoms with Crippen molar-refractivity contribution in [2.24, 2.45) is 28.8 Å². The van der Waals surface area contributed by atoms with Gasteiger partial charge in [-0.15, -0.1) is 0 Å². The van der Waals surface area contributed by atoms with Crippen molar-refractivity contribution in [3.8, 4) is 0 Å². The Balaban J connectivity index is 1.38. The predicted molar refractivity (Wildman–Crippen MR) is 148 cm³/mol. The van der Waals surface area contributed by atoms with Gasteiger partial charge in [0.05, 0.1) is 23.8 Å². The van der Waals surface area contributed by atoms with E-state index in [1.54, 1.807) is 11.0 Å². The highest BCUT2D eigenvalue weighted by Crippen LogP contribution is 2.51. The largest absolute Gasteiger partial charge is 0.378 e. The fourth-order valence-corrected chi connectivity index (χ4v) is 7.43. The van der Waals surface area contributed by atoms with E-state index in [0.29, 0.717) is 28.7 Å². The summed E-state index contributed by atoms with van der Waals surface area (Å²) in [5, 5.41) is 17.4. The van der Waals surface area contributed by atoms with E-state index < -0.39 is 21.5 Å². The van der Waals surface area contributed by atoms with E-state index in [0.717, 1.165) is 32.7 Å². The van der Waals surface area contributed by atoms with Gasteiger partial charge >= 0.3 is 0 Å². The second-order valence-electron chi connectivity index (χ2n) is 11.3. The number of hydrogen-bond donors (Lipinski definition) is 2. The molecule has 6 rings (SSSR count). The minimum absolute atomic E-state index is 0.0708. The standard InChI is InChI=1S/C30H35N3O5S/c1-19-17-28(24-12-9-22(18-25(24)20(19)2)32-13-15-38-16-14-32)33-27-6-4-3-5-26(27)30(35,29(33)34)21-7-10-23(11-8-21)39(31,36)37/h3-12,18-20,24-25,28,35H,13-17H2,1-2H3,(H2,31,36,37). The van der Waals surface area contributed by atoms with Gasteiger partial charge in [-0.05, 0) is 54.0 Å². The first-order valence-corrected chi connectivity index (χ1v) is 15.2. The van der Waals surface area contributed by atoms with Gasteiger partial charge in [0.15, 0.2) is 5.60 Å². The number of nitrogens with two attached hydrogens (primary N) is 1. The summed E-state index contributed by atoms with van der Waals surface area (Å²) in [5.74, 6) is 0.751. The lowest BCUT2D eigenvalue weighted by atomic mass is 9.63. The minimum Gasteiger partial charge on any atom is -0.378 e. The summed E-state index contributed by atoms with van der Waals surface area (Å²) in [6, 6.07) is 12.9. The van der Waals surface area contributed by atoms with E-state index in [1.807, 2.05) is 18.2 Å². The topological polar surface area (TPSA) is 113 Å². The smallest absolute Gasteiger partial charge is 0.268 e. The first-order valence-electron chi connectivity index (χ1n) is 13.6. The van der Waals surface area contributed by atoms with Crippen LogP contribution in [0.2, 0.25) is 0 Å². The molecule has 2 aliphatic heterocycles. The van der Waals surface area contributed by atoms with Crippen molar-refractivity contribution in [2.75, 3.05) is 31.2 Å². The summed E-state index contributed by atoms with van der Waals surface area (Å²) in [6.45, 7) is 7.74. The number of benzene rings is 2. The van der Waals surface area contributed by atoms with Crippen LogP contribution < -0.4 is 10.0 Å². The maximum Gasteiger partial charge on any atom is 0.268 e. The number of nitrogens with zero attached hydrogens (tertiary/aromatic N) is 2. The lowest BCUT2D eigenvalue weighted by Crippen LogP contribution is -2.54. The normalized spacial score (nSPS) is 32.6. The zero-order chi connectivity index (χ0) is 27.5. The Morgan fingerprint density at radius 3 is 2.41 bits per heavy atom. The van der Waals surface area contributed by atoms with Crippen LogP contribution in [0.5, 0.6) is 0 Å². The molecule has 0 spiro atoms. The molecule has 39 heavy (non-hydrogen) atoms. The number of rotatable bonds is 4. The quantitative estimate of drug-likeness (QED) is 0.606. The van der Waals surface area contributed by atoms with E-state index in [-0.39, 0.29) is 22.8 Å². The Hall–Kier alpha value is -2.98. The van der Waals surface area contributed by atoms with Gasteiger partial charge in [-0.1, -0.05) is 56.3 Å². The fraction of sp³-hybridized carbons (Fsp3) is 0.433. The van der Waals surface area contributed by atoms with Gasteiger partial charge in [-0.25, -0.2) is 13.6 Å². The van der Waals surface area contributed by atoms with Gasteiger partial charge in [0, 0.05) is 36.3 Å². The van der Waals surface area contributed by atoms with Crippen molar-refractivity contribution in [1.82, 2.24) is 4.90 Å². The summed E-state index contributed by atoms with van der Waals surface area (Å²) in [5.41, 5.74) is 0.812. The third kappa shape index (κ3) is 4.23. The number of allylic oxidation sites excluding steroid dienone is 2. The van der Waals surface area contributed by atoms with Crippen LogP contribution in [0.3, 0.4) is 0 Å². The summed E-state index contributed by atoms with van der Waals surface area (Å²) in [4.78, 5) is 18.4. The molecule has 3 N–H and O–H groups in total. The molecule has 2 fully saturated rings. The molecule has 0 aromatic heterocycles. The number of amides is 1. The highest BCUT2D eigenvalue weighted by Gasteiger charge is 2.55. The number of carbonyl (C=O) groups excluding carboxylic acids is 1. The molecule has 206 valence electrons. The maximum atomic E-state index is 14.3. The lowest BCUT2D eigenvalue weighted by Gasteiger charge is -2.48. The van der Waals surface area contributed by atoms with Crippen LogP contribution in [0, 0.1) is 23.7 Å². The molecule has 6 unspecified atom stereocenters. The molecule has 1 saturated carbocycles. The molecule has 1 saturated heterocycles. The number of carbonyl (C=O) groups is 1. The molecule has 0 bridgehead atoms. The summed E-state index contributed by atoms with van der Waals surface area (Å²) >= 11 is 0. The van der Waals surface area contributed by atoms with Crippen molar-refractivity contribution in [2.45, 2.75) is 36.8 Å². The van der Waals surface area contributed by atoms with Crippen molar-refractivity contribution >= 4 is 21.6 Å². The molecule has 0 radical (unpaired) electrons. The van der Waals surface area contributed by atoms with Gasteiger partial charge < -0.3 is 19.6 Å². The second-order valence-corrected chi connectivity index (χ2v) is 12.9. The number of para-hydroxylation sites is 1. The third-order valence-electron chi connectivity index (χ3n) is 9.25. The van der Waals surface area contributed by atoms with E-state index in [1.165, 1.54) is 30.0 Å². The van der Waals surface area contributed by atoms with E-state index >= 15 is 0 Å². The first-order chi connectivity index (χ1) is 18.6. The van der Waals surface area contributed by atoms with Gasteiger partial charge in [0.2, 0.25) is 10.0 Å². The summed E-state index contributed by atoms with van der Waals surface area (Å²) in [6.07, 6.45) is 7.64. The number of morpholine rings is 1. The highest BCUT2D eigenvalue weighted by molar-refractivity contribution is 7.89. The number of ether oxygens (including phenoxy) is 1. The van der Waals surface area contributed by atoms with E-state index in [2.05, 4.69) is 37.0 Å². The van der Waals surface area contributed by atoms with Gasteiger partial charge in [-0.2, -0.15) is 0 Å². The Bertz CT molecular complexity index is 1450. The molecule has 2 heterocycles. The molecular weight excluding hydrogens is 514 g/mol. The molecule has 4 aliphatic rings. The third-order valence-corrected chi connectivity index (χ3v) is 10.2. The molecule has 2 aliphatic carbocycles. The molecule has 1 amide bonds. The second kappa shape index (κ2) is 9.59. The molecule has 6 atom stereocenters. The van der Waals surface area contributed by atoms with Crippen molar-refractivity contribution < 1.29 is 23.1 Å². The molecule has 2 aromatic carbocycles. The Morgan fingerprint density at radius 2 is 1.72 bits per heavy atom. The molecule has 2 aromatic rings. The minimum atomic E-state index is -3.90. The zero-order valence-corrected chi connectivity index (χ0v) is 23.0. The predicted octanol–water partition coefficient (Wildman–Crippen LogP) is 2.98. The van der Waals surface area contributed by atoms with Gasteiger partial charge in [0.1, 0.15) is 0 Å². The number of aliphatic hydroxyl groups is 1. The summed E-state index contributed by atoms with van der Waals surface area (Å²) in [7, 11) is -3.90. The maximum absolute atomic E-state index is 14.3. The monoisotopic (exact) mass is 549 g/mol. The Labute approximate surface area is 229 Å². The molecule has 8 nitrogen and oxygen atoms in total. The van der Waals surface area contributed by atoms with Crippen molar-refractivity contribution in [3.63, 3.8) is 0 Å². The fourth-order valence-electron chi connectivity index (χ4n) is 6.91. The Morgan fingerprint density at radius 1 is 1.03 bits per heavy atom.